The first-order valence-electron chi connectivity index (χ1n) is 10.8. The first-order valence-corrected chi connectivity index (χ1v) is 10.8. The van der Waals surface area contributed by atoms with Crippen LogP contribution in [0.4, 0.5) is 5.69 Å². The second-order valence-corrected chi connectivity index (χ2v) is 7.82. The van der Waals surface area contributed by atoms with Crippen LogP contribution in [0.25, 0.3) is 0 Å². The van der Waals surface area contributed by atoms with Gasteiger partial charge >= 0.3 is 0 Å². The number of anilines is 1. The highest BCUT2D eigenvalue weighted by atomic mass is 15.5. The van der Waals surface area contributed by atoms with Gasteiger partial charge in [-0.25, -0.2) is 0 Å². The predicted molar refractivity (Wildman–Crippen MR) is 132 cm³/mol. The minimum absolute atomic E-state index is 0.803. The Balaban J connectivity index is 1.75. The Hall–Kier alpha value is -3.65. The lowest BCUT2D eigenvalue weighted by molar-refractivity contribution is 0.822. The Labute approximate surface area is 185 Å². The van der Waals surface area contributed by atoms with Crippen LogP contribution in [0.1, 0.15) is 27.8 Å². The normalized spacial score (nSPS) is 10.5. The molecule has 0 saturated carbocycles. The fraction of sp³-hybridized carbons (Fsp3) is 0.138. The fourth-order valence-corrected chi connectivity index (χ4v) is 3.67. The molecule has 2 nitrogen and oxygen atoms in total. The summed E-state index contributed by atoms with van der Waals surface area (Å²) in [5.41, 5.74) is 8.23. The van der Waals surface area contributed by atoms with Crippen LogP contribution >= 0.6 is 0 Å². The van der Waals surface area contributed by atoms with Gasteiger partial charge in [0.1, 0.15) is 0 Å². The highest BCUT2D eigenvalue weighted by Crippen LogP contribution is 2.20. The summed E-state index contributed by atoms with van der Waals surface area (Å²) in [5.74, 6) is 0. The summed E-state index contributed by atoms with van der Waals surface area (Å²) in [6.07, 6.45) is 0.931. The van der Waals surface area contributed by atoms with E-state index in [2.05, 4.69) is 116 Å². The van der Waals surface area contributed by atoms with Gasteiger partial charge in [-0.05, 0) is 43.5 Å². The molecule has 4 rings (SSSR count). The van der Waals surface area contributed by atoms with Crippen LogP contribution in [-0.2, 0) is 6.42 Å². The van der Waals surface area contributed by atoms with E-state index in [4.69, 9.17) is 5.10 Å². The molecule has 2 heteroatoms. The molecule has 0 bridgehead atoms. The Morgan fingerprint density at radius 3 is 1.77 bits per heavy atom. The molecule has 0 saturated heterocycles. The van der Waals surface area contributed by atoms with Gasteiger partial charge in [0, 0.05) is 17.7 Å². The zero-order valence-corrected chi connectivity index (χ0v) is 18.2. The quantitative estimate of drug-likeness (QED) is 0.244. The highest BCUT2D eigenvalue weighted by Gasteiger charge is 2.12. The van der Waals surface area contributed by atoms with Gasteiger partial charge in [-0.15, -0.1) is 0 Å². The molecule has 31 heavy (non-hydrogen) atoms. The van der Waals surface area contributed by atoms with Crippen LogP contribution in [0, 0.1) is 13.8 Å². The van der Waals surface area contributed by atoms with Gasteiger partial charge in [-0.1, -0.05) is 103 Å². The third-order valence-electron chi connectivity index (χ3n) is 5.50. The summed E-state index contributed by atoms with van der Waals surface area (Å²) in [7, 11) is 0. The van der Waals surface area contributed by atoms with Gasteiger partial charge in [-0.3, -0.25) is 5.01 Å². The first-order chi connectivity index (χ1) is 15.2. The molecule has 0 fully saturated rings. The first kappa shape index (κ1) is 20.6. The van der Waals surface area contributed by atoms with E-state index < -0.39 is 0 Å². The average molecular weight is 405 g/mol. The summed E-state index contributed by atoms with van der Waals surface area (Å²) in [6, 6.07) is 38.1. The molecule has 0 aliphatic heterocycles. The Morgan fingerprint density at radius 1 is 0.645 bits per heavy atom. The maximum absolute atomic E-state index is 5.21. The van der Waals surface area contributed by atoms with Crippen molar-refractivity contribution in [2.75, 3.05) is 11.6 Å². The van der Waals surface area contributed by atoms with Gasteiger partial charge in [0.2, 0.25) is 0 Å². The molecule has 0 aliphatic rings. The number of hydrogen-bond acceptors (Lipinski definition) is 2. The Morgan fingerprint density at radius 2 is 1.19 bits per heavy atom. The van der Waals surface area contributed by atoms with Crippen molar-refractivity contribution in [3.63, 3.8) is 0 Å². The lowest BCUT2D eigenvalue weighted by Crippen LogP contribution is -2.23. The molecule has 4 aromatic rings. The number of hydrogen-bond donors (Lipinski definition) is 0. The summed E-state index contributed by atoms with van der Waals surface area (Å²) in [5, 5.41) is 7.35. The summed E-state index contributed by atoms with van der Waals surface area (Å²) < 4.78 is 0. The van der Waals surface area contributed by atoms with Crippen LogP contribution < -0.4 is 5.01 Å². The second-order valence-electron chi connectivity index (χ2n) is 7.82. The SMILES string of the molecule is Cc1ccc(N(CCc2ccccc2C)N=C(c2ccccc2)c2ccccc2)cc1. The molecule has 0 heterocycles. The van der Waals surface area contributed by atoms with E-state index in [-0.39, 0.29) is 0 Å². The van der Waals surface area contributed by atoms with E-state index in [0.717, 1.165) is 35.5 Å². The second kappa shape index (κ2) is 9.90. The average Bonchev–Trinajstić information content (AvgIpc) is 2.82. The third kappa shape index (κ3) is 5.29. The van der Waals surface area contributed by atoms with Crippen molar-refractivity contribution >= 4 is 11.4 Å². The van der Waals surface area contributed by atoms with Crippen LogP contribution in [0.15, 0.2) is 114 Å². The molecular weight excluding hydrogens is 376 g/mol. The van der Waals surface area contributed by atoms with Gasteiger partial charge < -0.3 is 0 Å². The predicted octanol–water partition coefficient (Wildman–Crippen LogP) is 6.81. The largest absolute Gasteiger partial charge is 0.265 e. The standard InChI is InChI=1S/C29H28N2/c1-23-17-19-28(20-18-23)31(22-21-25-12-10-9-11-24(25)2)30-29(26-13-5-3-6-14-26)27-15-7-4-8-16-27/h3-20H,21-22H2,1-2H3. The van der Waals surface area contributed by atoms with Crippen molar-refractivity contribution in [1.82, 2.24) is 0 Å². The van der Waals surface area contributed by atoms with E-state index in [1.54, 1.807) is 0 Å². The smallest absolute Gasteiger partial charge is 0.0980 e. The molecule has 0 spiro atoms. The van der Waals surface area contributed by atoms with Crippen LogP contribution in [-0.4, -0.2) is 12.3 Å². The number of aryl methyl sites for hydroxylation is 2. The molecule has 0 unspecified atom stereocenters. The molecular formula is C29H28N2. The van der Waals surface area contributed by atoms with Crippen molar-refractivity contribution in [3.8, 4) is 0 Å². The fourth-order valence-electron chi connectivity index (χ4n) is 3.67. The van der Waals surface area contributed by atoms with Crippen LogP contribution in [0.5, 0.6) is 0 Å². The van der Waals surface area contributed by atoms with Crippen molar-refractivity contribution in [2.45, 2.75) is 20.3 Å². The number of nitrogens with zero attached hydrogens (tertiary/aromatic N) is 2. The molecule has 154 valence electrons. The number of hydrazone groups is 1. The molecule has 0 radical (unpaired) electrons. The van der Waals surface area contributed by atoms with E-state index in [1.165, 1.54) is 16.7 Å². The summed E-state index contributed by atoms with van der Waals surface area (Å²) >= 11 is 0. The maximum Gasteiger partial charge on any atom is 0.0980 e. The molecule has 0 N–H and O–H groups in total. The van der Waals surface area contributed by atoms with Crippen LogP contribution in [0.2, 0.25) is 0 Å². The maximum atomic E-state index is 5.21. The van der Waals surface area contributed by atoms with Gasteiger partial charge in [0.05, 0.1) is 11.4 Å². The Kier molecular flexibility index (Phi) is 6.59. The zero-order valence-electron chi connectivity index (χ0n) is 18.2. The molecule has 4 aromatic carbocycles. The van der Waals surface area contributed by atoms with Crippen LogP contribution in [0.3, 0.4) is 0 Å². The van der Waals surface area contributed by atoms with E-state index >= 15 is 0 Å². The third-order valence-corrected chi connectivity index (χ3v) is 5.50. The topological polar surface area (TPSA) is 15.6 Å². The number of rotatable bonds is 7. The highest BCUT2D eigenvalue weighted by molar-refractivity contribution is 6.13. The molecule has 0 atom stereocenters. The summed E-state index contributed by atoms with van der Waals surface area (Å²) in [4.78, 5) is 0. The monoisotopic (exact) mass is 404 g/mol. The van der Waals surface area contributed by atoms with Crippen molar-refractivity contribution in [1.29, 1.82) is 0 Å². The minimum atomic E-state index is 0.803. The van der Waals surface area contributed by atoms with Gasteiger partial charge in [0.15, 0.2) is 0 Å². The van der Waals surface area contributed by atoms with E-state index in [1.807, 2.05) is 12.1 Å². The van der Waals surface area contributed by atoms with Crippen molar-refractivity contribution in [3.05, 3.63) is 137 Å². The summed E-state index contributed by atoms with van der Waals surface area (Å²) in [6.45, 7) is 5.09. The lowest BCUT2D eigenvalue weighted by atomic mass is 10.0. The molecule has 0 amide bonds. The van der Waals surface area contributed by atoms with Gasteiger partial charge in [-0.2, -0.15) is 5.10 Å². The van der Waals surface area contributed by atoms with Crippen molar-refractivity contribution < 1.29 is 0 Å². The van der Waals surface area contributed by atoms with Crippen molar-refractivity contribution in [2.24, 2.45) is 5.10 Å². The molecule has 0 aromatic heterocycles. The Bertz CT molecular complexity index is 1090. The zero-order chi connectivity index (χ0) is 21.5. The molecule has 0 aliphatic carbocycles. The minimum Gasteiger partial charge on any atom is -0.265 e. The van der Waals surface area contributed by atoms with Gasteiger partial charge in [0.25, 0.3) is 0 Å². The lowest BCUT2D eigenvalue weighted by Gasteiger charge is -2.22. The van der Waals surface area contributed by atoms with E-state index in [9.17, 15) is 0 Å². The number of benzene rings is 4. The van der Waals surface area contributed by atoms with E-state index in [0.29, 0.717) is 0 Å².